The van der Waals surface area contributed by atoms with Gasteiger partial charge in [0.1, 0.15) is 0 Å². The Morgan fingerprint density at radius 2 is 1.82 bits per heavy atom. The molecule has 2 aliphatic rings. The quantitative estimate of drug-likeness (QED) is 0.507. The van der Waals surface area contributed by atoms with Gasteiger partial charge in [-0.2, -0.15) is 0 Å². The summed E-state index contributed by atoms with van der Waals surface area (Å²) in [6.45, 7) is 8.14. The standard InChI is InChI=1S/C29H35N3O/c1-21-8-6-10-23(16-21)29(33)32(25-13-14-25)18-24-17-31(19-26-11-7-15-30(26)3)20-28(24)27-12-5-4-9-22(27)2/h4-12,15-16,24-25,28H,13-14,17-20H2,1-3H3. The maximum absolute atomic E-state index is 13.6. The second kappa shape index (κ2) is 9.18. The first-order valence-corrected chi connectivity index (χ1v) is 12.3. The van der Waals surface area contributed by atoms with E-state index in [2.05, 4.69) is 83.9 Å². The van der Waals surface area contributed by atoms with Crippen molar-refractivity contribution in [2.24, 2.45) is 13.0 Å². The molecule has 0 N–H and O–H groups in total. The molecule has 2 aromatic carbocycles. The zero-order valence-electron chi connectivity index (χ0n) is 20.1. The second-order valence-electron chi connectivity index (χ2n) is 10.1. The zero-order chi connectivity index (χ0) is 22.9. The zero-order valence-corrected chi connectivity index (χ0v) is 20.1. The molecule has 2 unspecified atom stereocenters. The van der Waals surface area contributed by atoms with E-state index in [1.165, 1.54) is 16.8 Å². The first kappa shape index (κ1) is 22.0. The van der Waals surface area contributed by atoms with E-state index in [1.807, 2.05) is 18.2 Å². The van der Waals surface area contributed by atoms with Crippen LogP contribution < -0.4 is 0 Å². The molecule has 1 saturated carbocycles. The molecule has 33 heavy (non-hydrogen) atoms. The molecule has 1 amide bonds. The number of likely N-dealkylation sites (tertiary alicyclic amines) is 1. The van der Waals surface area contributed by atoms with Gasteiger partial charge in [-0.05, 0) is 68.0 Å². The molecule has 0 bridgehead atoms. The average Bonchev–Trinajstić information content (AvgIpc) is 3.46. The van der Waals surface area contributed by atoms with Gasteiger partial charge in [-0.25, -0.2) is 0 Å². The summed E-state index contributed by atoms with van der Waals surface area (Å²) in [7, 11) is 2.12. The van der Waals surface area contributed by atoms with Crippen molar-refractivity contribution in [1.29, 1.82) is 0 Å². The van der Waals surface area contributed by atoms with E-state index in [0.29, 0.717) is 17.9 Å². The van der Waals surface area contributed by atoms with Crippen LogP contribution in [0, 0.1) is 19.8 Å². The lowest BCUT2D eigenvalue weighted by Crippen LogP contribution is -2.39. The van der Waals surface area contributed by atoms with Crippen molar-refractivity contribution in [3.8, 4) is 0 Å². The molecule has 2 fully saturated rings. The number of amides is 1. The fourth-order valence-corrected chi connectivity index (χ4v) is 5.50. The Morgan fingerprint density at radius 1 is 1.00 bits per heavy atom. The van der Waals surface area contributed by atoms with Crippen LogP contribution in [0.1, 0.15) is 51.5 Å². The number of carbonyl (C=O) groups is 1. The number of hydrogen-bond acceptors (Lipinski definition) is 2. The van der Waals surface area contributed by atoms with Crippen LogP contribution in [0.4, 0.5) is 0 Å². The maximum Gasteiger partial charge on any atom is 0.254 e. The third-order valence-corrected chi connectivity index (χ3v) is 7.49. The number of rotatable bonds is 7. The van der Waals surface area contributed by atoms with Gasteiger partial charge in [-0.15, -0.1) is 0 Å². The minimum Gasteiger partial charge on any atom is -0.353 e. The van der Waals surface area contributed by atoms with Crippen molar-refractivity contribution >= 4 is 5.91 Å². The minimum atomic E-state index is 0.200. The van der Waals surface area contributed by atoms with Gasteiger partial charge in [0.2, 0.25) is 0 Å². The highest BCUT2D eigenvalue weighted by atomic mass is 16.2. The van der Waals surface area contributed by atoms with Crippen LogP contribution >= 0.6 is 0 Å². The topological polar surface area (TPSA) is 28.5 Å². The molecule has 1 aromatic heterocycles. The normalized spacial score (nSPS) is 20.8. The summed E-state index contributed by atoms with van der Waals surface area (Å²) in [5.74, 6) is 1.07. The highest BCUT2D eigenvalue weighted by molar-refractivity contribution is 5.94. The number of aromatic nitrogens is 1. The number of carbonyl (C=O) groups excluding carboxylic acids is 1. The van der Waals surface area contributed by atoms with Crippen LogP contribution in [-0.2, 0) is 13.6 Å². The average molecular weight is 442 g/mol. The monoisotopic (exact) mass is 441 g/mol. The van der Waals surface area contributed by atoms with E-state index in [-0.39, 0.29) is 5.91 Å². The molecule has 0 radical (unpaired) electrons. The smallest absolute Gasteiger partial charge is 0.254 e. The first-order valence-electron chi connectivity index (χ1n) is 12.3. The number of benzene rings is 2. The van der Waals surface area contributed by atoms with Gasteiger partial charge in [-0.1, -0.05) is 42.0 Å². The summed E-state index contributed by atoms with van der Waals surface area (Å²) in [5, 5.41) is 0. The minimum absolute atomic E-state index is 0.200. The third-order valence-electron chi connectivity index (χ3n) is 7.49. The second-order valence-corrected chi connectivity index (χ2v) is 10.1. The molecule has 5 rings (SSSR count). The summed E-state index contributed by atoms with van der Waals surface area (Å²) in [6.07, 6.45) is 4.38. The molecular weight excluding hydrogens is 406 g/mol. The molecule has 2 atom stereocenters. The number of hydrogen-bond donors (Lipinski definition) is 0. The van der Waals surface area contributed by atoms with Crippen LogP contribution in [-0.4, -0.2) is 46.0 Å². The van der Waals surface area contributed by atoms with Crippen LogP contribution in [0.25, 0.3) is 0 Å². The highest BCUT2D eigenvalue weighted by Gasteiger charge is 2.40. The van der Waals surface area contributed by atoms with Crippen molar-refractivity contribution in [3.63, 3.8) is 0 Å². The molecule has 1 aliphatic heterocycles. The summed E-state index contributed by atoms with van der Waals surface area (Å²) < 4.78 is 2.22. The van der Waals surface area contributed by atoms with Crippen LogP contribution in [0.5, 0.6) is 0 Å². The Bertz CT molecular complexity index is 1130. The molecule has 4 nitrogen and oxygen atoms in total. The van der Waals surface area contributed by atoms with Crippen LogP contribution in [0.15, 0.2) is 66.9 Å². The summed E-state index contributed by atoms with van der Waals surface area (Å²) >= 11 is 0. The van der Waals surface area contributed by atoms with E-state index in [4.69, 9.17) is 0 Å². The molecule has 172 valence electrons. The van der Waals surface area contributed by atoms with Crippen LogP contribution in [0.2, 0.25) is 0 Å². The fraction of sp³-hybridized carbons (Fsp3) is 0.414. The fourth-order valence-electron chi connectivity index (χ4n) is 5.50. The molecule has 2 heterocycles. The molecule has 1 aliphatic carbocycles. The highest BCUT2D eigenvalue weighted by Crippen LogP contribution is 2.38. The predicted molar refractivity (Wildman–Crippen MR) is 133 cm³/mol. The van der Waals surface area contributed by atoms with Gasteiger partial charge in [-0.3, -0.25) is 9.69 Å². The van der Waals surface area contributed by atoms with Gasteiger partial charge in [0.05, 0.1) is 0 Å². The molecular formula is C29H35N3O. The van der Waals surface area contributed by atoms with Crippen molar-refractivity contribution in [2.75, 3.05) is 19.6 Å². The third kappa shape index (κ3) is 4.77. The van der Waals surface area contributed by atoms with Crippen molar-refractivity contribution in [1.82, 2.24) is 14.4 Å². The van der Waals surface area contributed by atoms with Crippen LogP contribution in [0.3, 0.4) is 0 Å². The van der Waals surface area contributed by atoms with Crippen molar-refractivity contribution in [2.45, 2.75) is 45.2 Å². The van der Waals surface area contributed by atoms with E-state index in [9.17, 15) is 4.79 Å². The first-order chi connectivity index (χ1) is 16.0. The van der Waals surface area contributed by atoms with Gasteiger partial charge >= 0.3 is 0 Å². The van der Waals surface area contributed by atoms with Crippen molar-refractivity contribution < 1.29 is 4.79 Å². The van der Waals surface area contributed by atoms with Gasteiger partial charge in [0.15, 0.2) is 0 Å². The van der Waals surface area contributed by atoms with Gasteiger partial charge in [0, 0.05) is 62.6 Å². The molecule has 1 saturated heterocycles. The predicted octanol–water partition coefficient (Wildman–Crippen LogP) is 5.16. The Hall–Kier alpha value is -2.85. The largest absolute Gasteiger partial charge is 0.353 e. The summed E-state index contributed by atoms with van der Waals surface area (Å²) in [4.78, 5) is 18.3. The Labute approximate surface area is 197 Å². The van der Waals surface area contributed by atoms with Gasteiger partial charge < -0.3 is 9.47 Å². The molecule has 3 aromatic rings. The Balaban J connectivity index is 1.40. The lowest BCUT2D eigenvalue weighted by atomic mass is 9.86. The molecule has 0 spiro atoms. The Kier molecular flexibility index (Phi) is 6.11. The summed E-state index contributed by atoms with van der Waals surface area (Å²) in [6, 6.07) is 21.6. The Morgan fingerprint density at radius 3 is 2.52 bits per heavy atom. The summed E-state index contributed by atoms with van der Waals surface area (Å²) in [5.41, 5.74) is 6.11. The maximum atomic E-state index is 13.6. The van der Waals surface area contributed by atoms with Crippen molar-refractivity contribution in [3.05, 3.63) is 94.8 Å². The lowest BCUT2D eigenvalue weighted by molar-refractivity contribution is 0.0710. The van der Waals surface area contributed by atoms with E-state index < -0.39 is 0 Å². The van der Waals surface area contributed by atoms with E-state index in [0.717, 1.165) is 50.1 Å². The van der Waals surface area contributed by atoms with E-state index >= 15 is 0 Å². The van der Waals surface area contributed by atoms with Gasteiger partial charge in [0.25, 0.3) is 5.91 Å². The number of nitrogens with zero attached hydrogens (tertiary/aromatic N) is 3. The number of aryl methyl sites for hydroxylation is 3. The molecule has 4 heteroatoms. The van der Waals surface area contributed by atoms with E-state index in [1.54, 1.807) is 0 Å². The SMILES string of the molecule is Cc1cccc(C(=O)N(CC2CN(Cc3cccn3C)CC2c2ccccc2C)C2CC2)c1. The lowest BCUT2D eigenvalue weighted by Gasteiger charge is -2.29.